The van der Waals surface area contributed by atoms with Crippen LogP contribution in [-0.4, -0.2) is 12.1 Å². The van der Waals surface area contributed by atoms with Gasteiger partial charge in [0.25, 0.3) is 0 Å². The highest BCUT2D eigenvalue weighted by molar-refractivity contribution is 14.1. The van der Waals surface area contributed by atoms with E-state index in [1.54, 1.807) is 29.5 Å². The minimum absolute atomic E-state index is 0. The van der Waals surface area contributed by atoms with Crippen LogP contribution in [0, 0.1) is 3.57 Å². The molecule has 0 aliphatic carbocycles. The Kier molecular flexibility index (Phi) is 5.94. The minimum atomic E-state index is -4.74. The molecule has 0 aliphatic rings. The van der Waals surface area contributed by atoms with Gasteiger partial charge in [-0.3, -0.25) is 4.79 Å². The van der Waals surface area contributed by atoms with Gasteiger partial charge in [-0.15, -0.1) is 13.2 Å². The fourth-order valence-electron chi connectivity index (χ4n) is 1.08. The predicted molar refractivity (Wildman–Crippen MR) is 67.2 cm³/mol. The highest BCUT2D eigenvalue weighted by Gasteiger charge is 2.32. The molecule has 0 bridgehead atoms. The number of alkyl halides is 3. The smallest absolute Gasteiger partial charge is 0.405 e. The van der Waals surface area contributed by atoms with Crippen molar-refractivity contribution in [3.63, 3.8) is 0 Å². The largest absolute Gasteiger partial charge is 0.573 e. The molecule has 0 aromatic heterocycles. The Labute approximate surface area is 111 Å². The van der Waals surface area contributed by atoms with Crippen LogP contribution in [0.1, 0.15) is 31.1 Å². The molecular weight excluding hydrogens is 348 g/mol. The third kappa shape index (κ3) is 4.93. The zero-order chi connectivity index (χ0) is 12.3. The maximum atomic E-state index is 12.0. The van der Waals surface area contributed by atoms with E-state index in [0.717, 1.165) is 6.07 Å². The van der Waals surface area contributed by atoms with Gasteiger partial charge in [-0.05, 0) is 34.7 Å². The highest BCUT2D eigenvalue weighted by atomic mass is 127. The van der Waals surface area contributed by atoms with Gasteiger partial charge in [0.1, 0.15) is 5.75 Å². The van der Waals surface area contributed by atoms with Crippen molar-refractivity contribution in [3.8, 4) is 5.75 Å². The van der Waals surface area contributed by atoms with Crippen molar-refractivity contribution in [1.82, 2.24) is 0 Å². The van der Waals surface area contributed by atoms with Gasteiger partial charge in [-0.1, -0.05) is 20.4 Å². The van der Waals surface area contributed by atoms with Gasteiger partial charge in [-0.25, -0.2) is 0 Å². The lowest BCUT2D eigenvalue weighted by Crippen LogP contribution is -2.18. The van der Waals surface area contributed by atoms with Crippen molar-refractivity contribution in [3.05, 3.63) is 27.3 Å². The fraction of sp³-hybridized carbons (Fsp3) is 0.364. The van der Waals surface area contributed by atoms with Crippen LogP contribution in [-0.2, 0) is 0 Å². The van der Waals surface area contributed by atoms with Crippen molar-refractivity contribution in [1.29, 1.82) is 0 Å². The molecule has 0 atom stereocenters. The normalized spacial score (nSPS) is 10.6. The average Bonchev–Trinajstić information content (AvgIpc) is 2.18. The maximum absolute atomic E-state index is 12.0. The molecule has 0 saturated carbocycles. The first kappa shape index (κ1) is 16.2. The number of hydrogen-bond donors (Lipinski definition) is 0. The Bertz CT molecular complexity index is 402. The first-order chi connectivity index (χ1) is 7.33. The van der Waals surface area contributed by atoms with E-state index in [0.29, 0.717) is 3.57 Å². The Morgan fingerprint density at radius 2 is 2.00 bits per heavy atom. The molecule has 96 valence electrons. The number of halogens is 4. The lowest BCUT2D eigenvalue weighted by molar-refractivity contribution is -0.274. The van der Waals surface area contributed by atoms with Crippen LogP contribution >= 0.6 is 22.6 Å². The zero-order valence-electron chi connectivity index (χ0n) is 8.27. The Hall–Kier alpha value is -0.790. The number of rotatable bonds is 3. The van der Waals surface area contributed by atoms with Crippen molar-refractivity contribution in [2.75, 3.05) is 0 Å². The SMILES string of the molecule is C.CCC(=O)c1ccc(I)c(OC(F)(F)F)c1. The molecular formula is C11H12F3IO2. The van der Waals surface area contributed by atoms with Crippen LogP contribution < -0.4 is 4.74 Å². The molecule has 0 N–H and O–H groups in total. The van der Waals surface area contributed by atoms with E-state index in [1.807, 2.05) is 0 Å². The van der Waals surface area contributed by atoms with E-state index >= 15 is 0 Å². The first-order valence-corrected chi connectivity index (χ1v) is 5.50. The molecule has 0 spiro atoms. The molecule has 2 nitrogen and oxygen atoms in total. The first-order valence-electron chi connectivity index (χ1n) is 4.42. The van der Waals surface area contributed by atoms with Gasteiger partial charge in [0.15, 0.2) is 5.78 Å². The highest BCUT2D eigenvalue weighted by Crippen LogP contribution is 2.28. The van der Waals surface area contributed by atoms with E-state index in [-0.39, 0.29) is 30.9 Å². The molecule has 0 heterocycles. The molecule has 1 aromatic rings. The number of benzene rings is 1. The third-order valence-electron chi connectivity index (χ3n) is 1.80. The molecule has 0 radical (unpaired) electrons. The number of hydrogen-bond acceptors (Lipinski definition) is 2. The van der Waals surface area contributed by atoms with Crippen molar-refractivity contribution >= 4 is 28.4 Å². The summed E-state index contributed by atoms with van der Waals surface area (Å²) in [4.78, 5) is 11.3. The van der Waals surface area contributed by atoms with Crippen LogP contribution in [0.2, 0.25) is 0 Å². The molecule has 0 unspecified atom stereocenters. The van der Waals surface area contributed by atoms with Crippen LogP contribution in [0.3, 0.4) is 0 Å². The molecule has 17 heavy (non-hydrogen) atoms. The summed E-state index contributed by atoms with van der Waals surface area (Å²) in [6.45, 7) is 1.64. The molecule has 0 aliphatic heterocycles. The van der Waals surface area contributed by atoms with E-state index < -0.39 is 6.36 Å². The van der Waals surface area contributed by atoms with E-state index in [9.17, 15) is 18.0 Å². The summed E-state index contributed by atoms with van der Waals surface area (Å²) in [6, 6.07) is 4.02. The lowest BCUT2D eigenvalue weighted by atomic mass is 10.1. The monoisotopic (exact) mass is 360 g/mol. The van der Waals surface area contributed by atoms with Crippen LogP contribution in [0.5, 0.6) is 5.75 Å². The van der Waals surface area contributed by atoms with Crippen molar-refractivity contribution < 1.29 is 22.7 Å². The molecule has 6 heteroatoms. The van der Waals surface area contributed by atoms with E-state index in [2.05, 4.69) is 4.74 Å². The Balaban J connectivity index is 0.00000256. The number of ketones is 1. The molecule has 1 aromatic carbocycles. The van der Waals surface area contributed by atoms with E-state index in [4.69, 9.17) is 0 Å². The summed E-state index contributed by atoms with van der Waals surface area (Å²) in [5.41, 5.74) is 0.224. The van der Waals surface area contributed by atoms with Gasteiger partial charge in [-0.2, -0.15) is 0 Å². The second-order valence-corrected chi connectivity index (χ2v) is 4.13. The summed E-state index contributed by atoms with van der Waals surface area (Å²) in [6.07, 6.45) is -4.50. The number of carbonyl (C=O) groups excluding carboxylic acids is 1. The Morgan fingerprint density at radius 3 is 2.47 bits per heavy atom. The Morgan fingerprint density at radius 1 is 1.41 bits per heavy atom. The fourth-order valence-corrected chi connectivity index (χ4v) is 1.53. The quantitative estimate of drug-likeness (QED) is 0.589. The van der Waals surface area contributed by atoms with Crippen LogP contribution in [0.15, 0.2) is 18.2 Å². The number of carbonyl (C=O) groups is 1. The van der Waals surface area contributed by atoms with Gasteiger partial charge >= 0.3 is 6.36 Å². The van der Waals surface area contributed by atoms with Gasteiger partial charge in [0.05, 0.1) is 3.57 Å². The topological polar surface area (TPSA) is 26.3 Å². The predicted octanol–water partition coefficient (Wildman–Crippen LogP) is 4.42. The lowest BCUT2D eigenvalue weighted by Gasteiger charge is -2.11. The summed E-state index contributed by atoms with van der Waals surface area (Å²) in [7, 11) is 0. The van der Waals surface area contributed by atoms with E-state index in [1.165, 1.54) is 12.1 Å². The maximum Gasteiger partial charge on any atom is 0.573 e. The summed E-state index contributed by atoms with van der Waals surface area (Å²) in [5, 5.41) is 0. The molecule has 1 rings (SSSR count). The second-order valence-electron chi connectivity index (χ2n) is 2.97. The van der Waals surface area contributed by atoms with Gasteiger partial charge in [0.2, 0.25) is 0 Å². The second kappa shape index (κ2) is 6.23. The van der Waals surface area contributed by atoms with Crippen molar-refractivity contribution in [2.24, 2.45) is 0 Å². The summed E-state index contributed by atoms with van der Waals surface area (Å²) >= 11 is 1.72. The van der Waals surface area contributed by atoms with Crippen molar-refractivity contribution in [2.45, 2.75) is 27.1 Å². The van der Waals surface area contributed by atoms with Crippen LogP contribution in [0.4, 0.5) is 13.2 Å². The molecule has 0 saturated heterocycles. The molecule has 0 amide bonds. The number of ether oxygens (including phenoxy) is 1. The number of Topliss-reactive ketones (excluding diaryl/α,β-unsaturated/α-hetero) is 1. The van der Waals surface area contributed by atoms with Crippen LogP contribution in [0.25, 0.3) is 0 Å². The minimum Gasteiger partial charge on any atom is -0.405 e. The van der Waals surface area contributed by atoms with Gasteiger partial charge < -0.3 is 4.74 Å². The molecule has 0 fully saturated rings. The van der Waals surface area contributed by atoms with Gasteiger partial charge in [0, 0.05) is 12.0 Å². The third-order valence-corrected chi connectivity index (χ3v) is 2.69. The summed E-state index contributed by atoms with van der Waals surface area (Å²) < 4.78 is 40.2. The summed E-state index contributed by atoms with van der Waals surface area (Å²) in [5.74, 6) is -0.559. The average molecular weight is 360 g/mol. The standard InChI is InChI=1S/C10H8F3IO2.CH4/c1-2-8(15)6-3-4-7(14)9(5-6)16-10(11,12)13;/h3-5H,2H2,1H3;1H4. The zero-order valence-corrected chi connectivity index (χ0v) is 10.4.